The van der Waals surface area contributed by atoms with Gasteiger partial charge in [0.1, 0.15) is 5.76 Å². The standard InChI is InChI=1S/C16H19N3O4/c1-10-6-12(23-17-10)7-11-8-19(9-14(11)20)16(22)15(21)13-4-3-5-18(13)2/h3-6,11,14,20H,7-9H2,1-2H3/t11-,14+/m1/s1. The molecule has 1 aliphatic heterocycles. The lowest BCUT2D eigenvalue weighted by Crippen LogP contribution is -2.36. The van der Waals surface area contributed by atoms with E-state index in [9.17, 15) is 14.7 Å². The topological polar surface area (TPSA) is 88.6 Å². The second-order valence-electron chi connectivity index (χ2n) is 6.01. The van der Waals surface area contributed by atoms with Crippen molar-refractivity contribution < 1.29 is 19.2 Å². The number of aliphatic hydroxyl groups is 1. The first-order valence-corrected chi connectivity index (χ1v) is 7.51. The van der Waals surface area contributed by atoms with Gasteiger partial charge in [0.05, 0.1) is 17.5 Å². The molecule has 0 aromatic carbocycles. The summed E-state index contributed by atoms with van der Waals surface area (Å²) in [7, 11) is 1.72. The molecule has 1 fully saturated rings. The van der Waals surface area contributed by atoms with Crippen LogP contribution in [-0.2, 0) is 18.3 Å². The van der Waals surface area contributed by atoms with Gasteiger partial charge in [0, 0.05) is 44.7 Å². The van der Waals surface area contributed by atoms with Crippen molar-refractivity contribution in [2.24, 2.45) is 13.0 Å². The molecular formula is C16H19N3O4. The number of Topliss-reactive ketones (excluding diaryl/α,β-unsaturated/α-hetero) is 1. The molecule has 0 aliphatic carbocycles. The molecule has 0 spiro atoms. The molecule has 0 saturated carbocycles. The Morgan fingerprint density at radius 3 is 2.83 bits per heavy atom. The zero-order valence-electron chi connectivity index (χ0n) is 13.1. The summed E-state index contributed by atoms with van der Waals surface area (Å²) in [6, 6.07) is 5.14. The van der Waals surface area contributed by atoms with Crippen LogP contribution in [-0.4, -0.2) is 50.6 Å². The first-order valence-electron chi connectivity index (χ1n) is 7.51. The van der Waals surface area contributed by atoms with E-state index < -0.39 is 17.8 Å². The minimum absolute atomic E-state index is 0.160. The Kier molecular flexibility index (Phi) is 4.04. The number of aryl methyl sites for hydroxylation is 2. The molecule has 1 aliphatic rings. The third kappa shape index (κ3) is 3.05. The van der Waals surface area contributed by atoms with Gasteiger partial charge in [-0.3, -0.25) is 9.59 Å². The second kappa shape index (κ2) is 6.00. The number of rotatable bonds is 4. The Morgan fingerprint density at radius 2 is 2.22 bits per heavy atom. The predicted octanol–water partition coefficient (Wildman–Crippen LogP) is 0.566. The van der Waals surface area contributed by atoms with Gasteiger partial charge in [0.15, 0.2) is 0 Å². The maximum absolute atomic E-state index is 12.4. The molecule has 1 saturated heterocycles. The Hall–Kier alpha value is -2.41. The molecule has 3 rings (SSSR count). The summed E-state index contributed by atoms with van der Waals surface area (Å²) in [6.45, 7) is 2.31. The first kappa shape index (κ1) is 15.5. The van der Waals surface area contributed by atoms with Crippen LogP contribution in [0.25, 0.3) is 0 Å². The summed E-state index contributed by atoms with van der Waals surface area (Å²) in [4.78, 5) is 26.0. The number of hydrogen-bond acceptors (Lipinski definition) is 5. The number of likely N-dealkylation sites (tertiary alicyclic amines) is 1. The Morgan fingerprint density at radius 1 is 1.43 bits per heavy atom. The van der Waals surface area contributed by atoms with E-state index >= 15 is 0 Å². The zero-order chi connectivity index (χ0) is 16.6. The van der Waals surface area contributed by atoms with Crippen LogP contribution in [0, 0.1) is 12.8 Å². The highest BCUT2D eigenvalue weighted by Gasteiger charge is 2.37. The molecule has 122 valence electrons. The fraction of sp³-hybridized carbons (Fsp3) is 0.438. The number of aliphatic hydroxyl groups excluding tert-OH is 1. The monoisotopic (exact) mass is 317 g/mol. The minimum atomic E-state index is -0.675. The van der Waals surface area contributed by atoms with Crippen LogP contribution in [0.3, 0.4) is 0 Å². The Bertz CT molecular complexity index is 733. The van der Waals surface area contributed by atoms with E-state index in [0.29, 0.717) is 24.4 Å². The highest BCUT2D eigenvalue weighted by atomic mass is 16.5. The summed E-state index contributed by atoms with van der Waals surface area (Å²) in [6.07, 6.45) is 1.53. The quantitative estimate of drug-likeness (QED) is 0.658. The summed E-state index contributed by atoms with van der Waals surface area (Å²) in [5.41, 5.74) is 1.12. The van der Waals surface area contributed by atoms with Crippen molar-refractivity contribution in [1.29, 1.82) is 0 Å². The molecular weight excluding hydrogens is 298 g/mol. The zero-order valence-corrected chi connectivity index (χ0v) is 13.1. The number of ketones is 1. The highest BCUT2D eigenvalue weighted by molar-refractivity contribution is 6.42. The van der Waals surface area contributed by atoms with E-state index in [-0.39, 0.29) is 12.5 Å². The average Bonchev–Trinajstić information content (AvgIpc) is 3.20. The maximum atomic E-state index is 12.4. The molecule has 0 bridgehead atoms. The van der Waals surface area contributed by atoms with Crippen LogP contribution in [0.4, 0.5) is 0 Å². The van der Waals surface area contributed by atoms with E-state index in [4.69, 9.17) is 4.52 Å². The number of carbonyl (C=O) groups excluding carboxylic acids is 2. The fourth-order valence-corrected chi connectivity index (χ4v) is 2.94. The smallest absolute Gasteiger partial charge is 0.296 e. The van der Waals surface area contributed by atoms with Crippen LogP contribution in [0.15, 0.2) is 28.9 Å². The van der Waals surface area contributed by atoms with Gasteiger partial charge >= 0.3 is 0 Å². The van der Waals surface area contributed by atoms with Crippen molar-refractivity contribution in [3.63, 3.8) is 0 Å². The van der Waals surface area contributed by atoms with Gasteiger partial charge in [0.2, 0.25) is 0 Å². The molecule has 1 amide bonds. The number of nitrogens with zero attached hydrogens (tertiary/aromatic N) is 3. The van der Waals surface area contributed by atoms with Crippen molar-refractivity contribution in [3.8, 4) is 0 Å². The third-order valence-electron chi connectivity index (χ3n) is 4.20. The Balaban J connectivity index is 1.67. The lowest BCUT2D eigenvalue weighted by atomic mass is 10.0. The molecule has 0 radical (unpaired) electrons. The molecule has 1 N–H and O–H groups in total. The number of carbonyl (C=O) groups is 2. The number of amides is 1. The first-order chi connectivity index (χ1) is 11.0. The number of hydrogen-bond donors (Lipinski definition) is 1. The van der Waals surface area contributed by atoms with Crippen molar-refractivity contribution in [2.45, 2.75) is 19.4 Å². The normalized spacial score (nSPS) is 20.9. The van der Waals surface area contributed by atoms with E-state index in [1.165, 1.54) is 4.90 Å². The lowest BCUT2D eigenvalue weighted by molar-refractivity contribution is -0.125. The molecule has 7 nitrogen and oxygen atoms in total. The van der Waals surface area contributed by atoms with Gasteiger partial charge in [-0.1, -0.05) is 5.16 Å². The van der Waals surface area contributed by atoms with Gasteiger partial charge < -0.3 is 19.1 Å². The van der Waals surface area contributed by atoms with E-state index in [0.717, 1.165) is 5.69 Å². The maximum Gasteiger partial charge on any atom is 0.296 e. The summed E-state index contributed by atoms with van der Waals surface area (Å²) >= 11 is 0. The predicted molar refractivity (Wildman–Crippen MR) is 80.8 cm³/mol. The molecule has 2 atom stereocenters. The van der Waals surface area contributed by atoms with E-state index in [1.807, 2.05) is 13.0 Å². The van der Waals surface area contributed by atoms with Crippen molar-refractivity contribution >= 4 is 11.7 Å². The number of β-amino-alcohol motifs (C(OH)–C–C–N with tert-alkyl or cyclic N) is 1. The number of aromatic nitrogens is 2. The fourth-order valence-electron chi connectivity index (χ4n) is 2.94. The minimum Gasteiger partial charge on any atom is -0.391 e. The SMILES string of the molecule is Cc1cc(C[C@@H]2CN(C(=O)C(=O)c3cccn3C)C[C@@H]2O)on1. The van der Waals surface area contributed by atoms with Crippen LogP contribution in [0.1, 0.15) is 21.9 Å². The van der Waals surface area contributed by atoms with Crippen molar-refractivity contribution in [1.82, 2.24) is 14.6 Å². The summed E-state index contributed by atoms with van der Waals surface area (Å²) in [5, 5.41) is 14.0. The second-order valence-corrected chi connectivity index (χ2v) is 6.01. The van der Waals surface area contributed by atoms with Crippen LogP contribution in [0.2, 0.25) is 0 Å². The van der Waals surface area contributed by atoms with Crippen molar-refractivity contribution in [3.05, 3.63) is 41.5 Å². The molecule has 0 unspecified atom stereocenters. The van der Waals surface area contributed by atoms with E-state index in [1.54, 1.807) is 29.9 Å². The summed E-state index contributed by atoms with van der Waals surface area (Å²) in [5.74, 6) is -0.620. The Labute approximate surface area is 133 Å². The van der Waals surface area contributed by atoms with Gasteiger partial charge in [-0.15, -0.1) is 0 Å². The van der Waals surface area contributed by atoms with Crippen LogP contribution in [0.5, 0.6) is 0 Å². The largest absolute Gasteiger partial charge is 0.391 e. The van der Waals surface area contributed by atoms with Gasteiger partial charge in [-0.2, -0.15) is 0 Å². The molecule has 3 heterocycles. The molecule has 2 aromatic rings. The molecule has 7 heteroatoms. The van der Waals surface area contributed by atoms with Crippen LogP contribution < -0.4 is 0 Å². The molecule has 2 aromatic heterocycles. The third-order valence-corrected chi connectivity index (χ3v) is 4.20. The highest BCUT2D eigenvalue weighted by Crippen LogP contribution is 2.22. The van der Waals surface area contributed by atoms with Gasteiger partial charge in [-0.25, -0.2) is 0 Å². The summed E-state index contributed by atoms with van der Waals surface area (Å²) < 4.78 is 6.77. The van der Waals surface area contributed by atoms with Crippen molar-refractivity contribution in [2.75, 3.05) is 13.1 Å². The average molecular weight is 317 g/mol. The lowest BCUT2D eigenvalue weighted by Gasteiger charge is -2.15. The van der Waals surface area contributed by atoms with Gasteiger partial charge in [0.25, 0.3) is 11.7 Å². The molecule has 23 heavy (non-hydrogen) atoms. The van der Waals surface area contributed by atoms with Crippen LogP contribution >= 0.6 is 0 Å². The van der Waals surface area contributed by atoms with Gasteiger partial charge in [-0.05, 0) is 19.1 Å². The van der Waals surface area contributed by atoms with E-state index in [2.05, 4.69) is 5.16 Å².